The fourth-order valence-electron chi connectivity index (χ4n) is 2.52. The summed E-state index contributed by atoms with van der Waals surface area (Å²) in [7, 11) is 0. The van der Waals surface area contributed by atoms with Crippen molar-refractivity contribution in [2.75, 3.05) is 11.9 Å². The number of anilines is 1. The van der Waals surface area contributed by atoms with Gasteiger partial charge in [0.1, 0.15) is 10.2 Å². The number of rotatable bonds is 2. The minimum atomic E-state index is -0.111. The number of aromatic nitrogens is 2. The van der Waals surface area contributed by atoms with E-state index in [0.717, 1.165) is 24.4 Å². The van der Waals surface area contributed by atoms with Gasteiger partial charge in [0.15, 0.2) is 0 Å². The average Bonchev–Trinajstić information content (AvgIpc) is 3.10. The van der Waals surface area contributed by atoms with Crippen molar-refractivity contribution >= 4 is 34.7 Å². The van der Waals surface area contributed by atoms with Gasteiger partial charge in [-0.2, -0.15) is 0 Å². The zero-order valence-corrected chi connectivity index (χ0v) is 13.1. The standard InChI is InChI=1S/C14H15ClN4OS/c1-9-10(4-5-12(15)17-9)18-14(20)19-7-2-3-11(19)13-16-6-8-21-13/h4-6,8,11H,2-3,7H2,1H3,(H,18,20). The summed E-state index contributed by atoms with van der Waals surface area (Å²) in [4.78, 5) is 22.8. The van der Waals surface area contributed by atoms with Gasteiger partial charge in [-0.1, -0.05) is 11.6 Å². The Hall–Kier alpha value is -1.66. The second kappa shape index (κ2) is 5.99. The van der Waals surface area contributed by atoms with E-state index >= 15 is 0 Å². The predicted molar refractivity (Wildman–Crippen MR) is 83.8 cm³/mol. The van der Waals surface area contributed by atoms with E-state index in [9.17, 15) is 4.79 Å². The third-order valence-corrected chi connectivity index (χ3v) is 4.63. The molecule has 0 spiro atoms. The number of hydrogen-bond donors (Lipinski definition) is 1. The summed E-state index contributed by atoms with van der Waals surface area (Å²) in [6.07, 6.45) is 3.73. The summed E-state index contributed by atoms with van der Waals surface area (Å²) in [6, 6.07) is 3.41. The Bertz CT molecular complexity index is 646. The summed E-state index contributed by atoms with van der Waals surface area (Å²) in [5.74, 6) is 0. The number of carbonyl (C=O) groups is 1. The summed E-state index contributed by atoms with van der Waals surface area (Å²) < 4.78 is 0. The molecule has 1 N–H and O–H groups in total. The normalized spacial score (nSPS) is 18.0. The Labute approximate surface area is 132 Å². The molecule has 5 nitrogen and oxygen atoms in total. The van der Waals surface area contributed by atoms with Gasteiger partial charge in [-0.15, -0.1) is 11.3 Å². The van der Waals surface area contributed by atoms with Crippen LogP contribution < -0.4 is 5.32 Å². The molecule has 2 amide bonds. The average molecular weight is 323 g/mol. The van der Waals surface area contributed by atoms with Gasteiger partial charge in [-0.3, -0.25) is 0 Å². The number of aryl methyl sites for hydroxylation is 1. The van der Waals surface area contributed by atoms with Crippen molar-refractivity contribution in [1.82, 2.24) is 14.9 Å². The maximum absolute atomic E-state index is 12.5. The lowest BCUT2D eigenvalue weighted by Gasteiger charge is -2.23. The number of nitrogens with one attached hydrogen (secondary N) is 1. The fraction of sp³-hybridized carbons (Fsp3) is 0.357. The number of likely N-dealkylation sites (tertiary alicyclic amines) is 1. The molecule has 0 bridgehead atoms. The van der Waals surface area contributed by atoms with Gasteiger partial charge in [0.25, 0.3) is 0 Å². The van der Waals surface area contributed by atoms with Crippen LogP contribution in [0.3, 0.4) is 0 Å². The van der Waals surface area contributed by atoms with Crippen molar-refractivity contribution < 1.29 is 4.79 Å². The highest BCUT2D eigenvalue weighted by molar-refractivity contribution is 7.09. The Kier molecular flexibility index (Phi) is 4.07. The zero-order valence-electron chi connectivity index (χ0n) is 11.5. The van der Waals surface area contributed by atoms with Crippen molar-refractivity contribution in [2.45, 2.75) is 25.8 Å². The van der Waals surface area contributed by atoms with Gasteiger partial charge < -0.3 is 10.2 Å². The summed E-state index contributed by atoms with van der Waals surface area (Å²) in [6.45, 7) is 2.57. The van der Waals surface area contributed by atoms with Crippen LogP contribution in [0.4, 0.5) is 10.5 Å². The molecule has 1 fully saturated rings. The first-order valence-corrected chi connectivity index (χ1v) is 8.01. The van der Waals surface area contributed by atoms with Gasteiger partial charge in [0.05, 0.1) is 17.4 Å². The van der Waals surface area contributed by atoms with E-state index in [1.807, 2.05) is 17.2 Å². The lowest BCUT2D eigenvalue weighted by molar-refractivity contribution is 0.207. The van der Waals surface area contributed by atoms with E-state index in [4.69, 9.17) is 11.6 Å². The van der Waals surface area contributed by atoms with Crippen LogP contribution in [-0.4, -0.2) is 27.4 Å². The van der Waals surface area contributed by atoms with E-state index in [0.29, 0.717) is 16.5 Å². The molecular weight excluding hydrogens is 308 g/mol. The minimum Gasteiger partial charge on any atom is -0.315 e. The van der Waals surface area contributed by atoms with Crippen LogP contribution in [0.1, 0.15) is 29.6 Å². The largest absolute Gasteiger partial charge is 0.322 e. The smallest absolute Gasteiger partial charge is 0.315 e. The van der Waals surface area contributed by atoms with Crippen LogP contribution >= 0.6 is 22.9 Å². The highest BCUT2D eigenvalue weighted by Crippen LogP contribution is 2.33. The molecular formula is C14H15ClN4OS. The second-order valence-corrected chi connectivity index (χ2v) is 6.23. The number of nitrogens with zero attached hydrogens (tertiary/aromatic N) is 3. The molecule has 2 aromatic heterocycles. The highest BCUT2D eigenvalue weighted by Gasteiger charge is 2.31. The molecule has 1 unspecified atom stereocenters. The quantitative estimate of drug-likeness (QED) is 0.854. The molecule has 1 saturated heterocycles. The number of carbonyl (C=O) groups excluding carboxylic acids is 1. The van der Waals surface area contributed by atoms with Gasteiger partial charge in [0.2, 0.25) is 0 Å². The number of pyridine rings is 1. The first kappa shape index (κ1) is 14.3. The molecule has 0 saturated carbocycles. The van der Waals surface area contributed by atoms with Crippen molar-refractivity contribution in [1.29, 1.82) is 0 Å². The van der Waals surface area contributed by atoms with Crippen LogP contribution in [0.2, 0.25) is 5.15 Å². The topological polar surface area (TPSA) is 58.1 Å². The number of halogens is 1. The molecule has 0 radical (unpaired) electrons. The first-order chi connectivity index (χ1) is 10.1. The van der Waals surface area contributed by atoms with E-state index < -0.39 is 0 Å². The third-order valence-electron chi connectivity index (χ3n) is 3.54. The van der Waals surface area contributed by atoms with E-state index in [2.05, 4.69) is 15.3 Å². The maximum atomic E-state index is 12.5. The highest BCUT2D eigenvalue weighted by atomic mass is 35.5. The molecule has 1 atom stereocenters. The van der Waals surface area contributed by atoms with Crippen LogP contribution in [0.5, 0.6) is 0 Å². The molecule has 0 aliphatic carbocycles. The van der Waals surface area contributed by atoms with Gasteiger partial charge in [-0.05, 0) is 31.9 Å². The Morgan fingerprint density at radius 1 is 1.52 bits per heavy atom. The van der Waals surface area contributed by atoms with E-state index in [-0.39, 0.29) is 12.1 Å². The van der Waals surface area contributed by atoms with Gasteiger partial charge >= 0.3 is 6.03 Å². The number of hydrogen-bond acceptors (Lipinski definition) is 4. The Morgan fingerprint density at radius 2 is 2.38 bits per heavy atom. The molecule has 7 heteroatoms. The van der Waals surface area contributed by atoms with Crippen molar-refractivity contribution in [3.05, 3.63) is 39.6 Å². The van der Waals surface area contributed by atoms with Crippen molar-refractivity contribution in [3.63, 3.8) is 0 Å². The third kappa shape index (κ3) is 3.01. The SMILES string of the molecule is Cc1nc(Cl)ccc1NC(=O)N1CCCC1c1nccs1. The van der Waals surface area contributed by atoms with Crippen LogP contribution in [0.25, 0.3) is 0 Å². The van der Waals surface area contributed by atoms with E-state index in [1.165, 1.54) is 0 Å². The molecule has 2 aromatic rings. The lowest BCUT2D eigenvalue weighted by atomic mass is 10.2. The molecule has 0 aromatic carbocycles. The zero-order chi connectivity index (χ0) is 14.8. The van der Waals surface area contributed by atoms with Crippen LogP contribution in [-0.2, 0) is 0 Å². The number of amides is 2. The van der Waals surface area contributed by atoms with Gasteiger partial charge in [0, 0.05) is 18.1 Å². The van der Waals surface area contributed by atoms with Crippen LogP contribution in [0, 0.1) is 6.92 Å². The first-order valence-electron chi connectivity index (χ1n) is 6.75. The fourth-order valence-corrected chi connectivity index (χ4v) is 3.49. The monoisotopic (exact) mass is 322 g/mol. The summed E-state index contributed by atoms with van der Waals surface area (Å²) in [5, 5.41) is 6.27. The second-order valence-electron chi connectivity index (χ2n) is 4.92. The van der Waals surface area contributed by atoms with Crippen molar-refractivity contribution in [2.24, 2.45) is 0 Å². The Balaban J connectivity index is 1.75. The van der Waals surface area contributed by atoms with Crippen molar-refractivity contribution in [3.8, 4) is 0 Å². The molecule has 3 heterocycles. The molecule has 21 heavy (non-hydrogen) atoms. The summed E-state index contributed by atoms with van der Waals surface area (Å²) >= 11 is 7.42. The maximum Gasteiger partial charge on any atom is 0.322 e. The van der Waals surface area contributed by atoms with Crippen LogP contribution in [0.15, 0.2) is 23.7 Å². The summed E-state index contributed by atoms with van der Waals surface area (Å²) in [5.41, 5.74) is 1.40. The number of urea groups is 1. The molecule has 3 rings (SSSR count). The molecule has 110 valence electrons. The lowest BCUT2D eigenvalue weighted by Crippen LogP contribution is -2.34. The minimum absolute atomic E-state index is 0.0746. The molecule has 1 aliphatic rings. The van der Waals surface area contributed by atoms with E-state index in [1.54, 1.807) is 29.7 Å². The van der Waals surface area contributed by atoms with Gasteiger partial charge in [-0.25, -0.2) is 14.8 Å². The number of thiazole rings is 1. The Morgan fingerprint density at radius 3 is 3.10 bits per heavy atom. The predicted octanol–water partition coefficient (Wildman–Crippen LogP) is 3.87. The molecule has 1 aliphatic heterocycles.